The van der Waals surface area contributed by atoms with Crippen LogP contribution >= 0.6 is 7.82 Å². The second-order valence-corrected chi connectivity index (χ2v) is 7.21. The molecule has 21 heavy (non-hydrogen) atoms. The van der Waals surface area contributed by atoms with Gasteiger partial charge in [0.2, 0.25) is 0 Å². The van der Waals surface area contributed by atoms with Crippen molar-refractivity contribution in [3.63, 3.8) is 0 Å². The van der Waals surface area contributed by atoms with Crippen molar-refractivity contribution in [1.82, 2.24) is 0 Å². The van der Waals surface area contributed by atoms with Crippen molar-refractivity contribution in [3.8, 4) is 11.1 Å². The minimum atomic E-state index is -4.64. The van der Waals surface area contributed by atoms with Gasteiger partial charge in [-0.25, -0.2) is 4.57 Å². The van der Waals surface area contributed by atoms with Crippen LogP contribution in [0.15, 0.2) is 48.5 Å². The molecule has 2 rings (SSSR count). The maximum Gasteiger partial charge on any atom is 0.466 e. The van der Waals surface area contributed by atoms with Gasteiger partial charge in [0.15, 0.2) is 0 Å². The van der Waals surface area contributed by atoms with E-state index in [-0.39, 0.29) is 0 Å². The van der Waals surface area contributed by atoms with Gasteiger partial charge in [-0.1, -0.05) is 0 Å². The van der Waals surface area contributed by atoms with E-state index in [2.05, 4.69) is 62.4 Å². The van der Waals surface area contributed by atoms with Crippen LogP contribution in [0.3, 0.4) is 0 Å². The molecule has 0 saturated heterocycles. The summed E-state index contributed by atoms with van der Waals surface area (Å²) in [6.07, 6.45) is 0. The third kappa shape index (κ3) is 7.39. The maximum atomic E-state index is 8.88. The molecule has 0 heterocycles. The van der Waals surface area contributed by atoms with Crippen LogP contribution in [0, 0.1) is 0 Å². The zero-order chi connectivity index (χ0) is 16.0. The Morgan fingerprint density at radius 2 is 1.43 bits per heavy atom. The Hall–Kier alpha value is -0.450. The monoisotopic (exact) mass is 316 g/mol. The van der Waals surface area contributed by atoms with Crippen molar-refractivity contribution in [2.24, 2.45) is 0 Å². The van der Waals surface area contributed by atoms with E-state index in [1.165, 1.54) is 19.5 Å². The SMILES string of the molecule is CC(C)c1ccc(-c2cccc[c]2[Na])cc1.O=P(O)(O)O. The summed E-state index contributed by atoms with van der Waals surface area (Å²) in [6, 6.07) is 17.6. The molecule has 0 aromatic heterocycles. The van der Waals surface area contributed by atoms with Gasteiger partial charge in [-0.15, -0.1) is 0 Å². The molecule has 0 saturated carbocycles. The minimum absolute atomic E-state index is 0.611. The molecule has 108 valence electrons. The van der Waals surface area contributed by atoms with Crippen molar-refractivity contribution in [2.75, 3.05) is 0 Å². The van der Waals surface area contributed by atoms with E-state index in [1.807, 2.05) is 0 Å². The van der Waals surface area contributed by atoms with E-state index in [9.17, 15) is 0 Å². The van der Waals surface area contributed by atoms with E-state index in [0.29, 0.717) is 5.92 Å². The average Bonchev–Trinajstić information content (AvgIpc) is 2.37. The Morgan fingerprint density at radius 3 is 1.86 bits per heavy atom. The van der Waals surface area contributed by atoms with Crippen molar-refractivity contribution in [2.45, 2.75) is 19.8 Å². The molecular formula is C15H18NaO4P. The Balaban J connectivity index is 0.000000383. The molecular weight excluding hydrogens is 298 g/mol. The third-order valence-corrected chi connectivity index (χ3v) is 3.91. The number of benzene rings is 2. The largest absolute Gasteiger partial charge is 0.466 e. The minimum Gasteiger partial charge on any atom is -0.303 e. The molecule has 2 aromatic rings. The summed E-state index contributed by atoms with van der Waals surface area (Å²) in [5.41, 5.74) is 4.15. The van der Waals surface area contributed by atoms with Gasteiger partial charge in [0.25, 0.3) is 0 Å². The quantitative estimate of drug-likeness (QED) is 0.587. The molecule has 0 radical (unpaired) electrons. The predicted octanol–water partition coefficient (Wildman–Crippen LogP) is 2.34. The third-order valence-electron chi connectivity index (χ3n) is 3.03. The smallest absolute Gasteiger partial charge is 0.303 e. The number of rotatable bonds is 2. The van der Waals surface area contributed by atoms with E-state index in [4.69, 9.17) is 19.2 Å². The average molecular weight is 316 g/mol. The molecule has 3 N–H and O–H groups in total. The molecule has 0 spiro atoms. The molecule has 2 aromatic carbocycles. The molecule has 6 heteroatoms. The molecule has 0 amide bonds. The van der Waals surface area contributed by atoms with Crippen LogP contribution in [-0.2, 0) is 4.57 Å². The maximum absolute atomic E-state index is 8.88. The van der Waals surface area contributed by atoms with Gasteiger partial charge < -0.3 is 14.7 Å². The summed E-state index contributed by atoms with van der Waals surface area (Å²) in [6.45, 7) is 4.46. The van der Waals surface area contributed by atoms with Crippen LogP contribution in [0.25, 0.3) is 11.1 Å². The van der Waals surface area contributed by atoms with Gasteiger partial charge >= 0.3 is 124 Å². The van der Waals surface area contributed by atoms with Crippen LogP contribution in [0.2, 0.25) is 0 Å². The van der Waals surface area contributed by atoms with Gasteiger partial charge in [-0.05, 0) is 0 Å². The van der Waals surface area contributed by atoms with Crippen LogP contribution in [-0.4, -0.2) is 42.6 Å². The summed E-state index contributed by atoms with van der Waals surface area (Å²) in [7, 11) is -4.64. The molecule has 4 nitrogen and oxygen atoms in total. The molecule has 0 aliphatic carbocycles. The molecule has 0 aliphatic rings. The van der Waals surface area contributed by atoms with Crippen molar-refractivity contribution >= 4 is 38.6 Å². The summed E-state index contributed by atoms with van der Waals surface area (Å²) < 4.78 is 10.4. The summed E-state index contributed by atoms with van der Waals surface area (Å²) in [5.74, 6) is 0.611. The summed E-state index contributed by atoms with van der Waals surface area (Å²) in [4.78, 5) is 21.6. The van der Waals surface area contributed by atoms with E-state index in [0.717, 1.165) is 27.9 Å². The van der Waals surface area contributed by atoms with Crippen LogP contribution in [0.5, 0.6) is 0 Å². The second kappa shape index (κ2) is 8.25. The zero-order valence-electron chi connectivity index (χ0n) is 12.4. The zero-order valence-corrected chi connectivity index (χ0v) is 15.3. The standard InChI is InChI=1S/C15H15.Na.H3O4P/c1-12(2)13-8-10-15(11-9-13)14-6-4-3-5-7-14;;1-5(2,3)4/h3-6,8-12H,1-2H3;;(H3,1,2,3,4). The number of phosphoric acid groups is 1. The van der Waals surface area contributed by atoms with Crippen LogP contribution < -0.4 is 2.81 Å². The Morgan fingerprint density at radius 1 is 0.952 bits per heavy atom. The van der Waals surface area contributed by atoms with Crippen molar-refractivity contribution in [3.05, 3.63) is 54.1 Å². The van der Waals surface area contributed by atoms with Crippen molar-refractivity contribution in [1.29, 1.82) is 0 Å². The van der Waals surface area contributed by atoms with E-state index in [1.54, 1.807) is 0 Å². The van der Waals surface area contributed by atoms with Gasteiger partial charge in [-0.3, -0.25) is 0 Å². The molecule has 0 bridgehead atoms. The molecule has 0 aliphatic heterocycles. The fourth-order valence-electron chi connectivity index (χ4n) is 1.94. The number of hydrogen-bond donors (Lipinski definition) is 3. The predicted molar refractivity (Wildman–Crippen MR) is 85.6 cm³/mol. The topological polar surface area (TPSA) is 77.8 Å². The van der Waals surface area contributed by atoms with E-state index >= 15 is 0 Å². The summed E-state index contributed by atoms with van der Waals surface area (Å²) >= 11 is 1.11. The van der Waals surface area contributed by atoms with Crippen LogP contribution in [0.4, 0.5) is 0 Å². The summed E-state index contributed by atoms with van der Waals surface area (Å²) in [5, 5.41) is 0. The molecule has 0 unspecified atom stereocenters. The number of hydrogen-bond acceptors (Lipinski definition) is 1. The Kier molecular flexibility index (Phi) is 7.31. The second-order valence-electron chi connectivity index (χ2n) is 5.10. The molecule has 0 fully saturated rings. The first-order valence-corrected chi connectivity index (χ1v) is 9.19. The molecule has 0 atom stereocenters. The van der Waals surface area contributed by atoms with Gasteiger partial charge in [0.05, 0.1) is 0 Å². The van der Waals surface area contributed by atoms with Crippen LogP contribution in [0.1, 0.15) is 25.3 Å². The fourth-order valence-corrected chi connectivity index (χ4v) is 2.59. The first kappa shape index (κ1) is 18.6. The normalized spacial score (nSPS) is 11.0. The van der Waals surface area contributed by atoms with E-state index < -0.39 is 7.82 Å². The van der Waals surface area contributed by atoms with Gasteiger partial charge in [-0.2, -0.15) is 0 Å². The van der Waals surface area contributed by atoms with Crippen molar-refractivity contribution < 1.29 is 19.2 Å². The first-order chi connectivity index (χ1) is 9.68. The Labute approximate surface area is 142 Å². The Bertz CT molecular complexity index is 612. The van der Waals surface area contributed by atoms with Gasteiger partial charge in [0.1, 0.15) is 0 Å². The van der Waals surface area contributed by atoms with Gasteiger partial charge in [0, 0.05) is 0 Å². The first-order valence-electron chi connectivity index (χ1n) is 6.62. The fraction of sp³-hybridized carbons (Fsp3) is 0.200.